The summed E-state index contributed by atoms with van der Waals surface area (Å²) in [5, 5.41) is 7.59. The lowest BCUT2D eigenvalue weighted by Gasteiger charge is -2.12. The maximum absolute atomic E-state index is 11.7. The molecule has 7 heteroatoms. The van der Waals surface area contributed by atoms with Crippen LogP contribution in [0.5, 0.6) is 0 Å². The summed E-state index contributed by atoms with van der Waals surface area (Å²) >= 11 is 6.74. The molecule has 19 heavy (non-hydrogen) atoms. The normalized spacial score (nSPS) is 17.7. The maximum Gasteiger partial charge on any atom is 0.251 e. The molecule has 1 aliphatic carbocycles. The molecule has 0 bridgehead atoms. The number of ether oxygens (including phenoxy) is 1. The van der Waals surface area contributed by atoms with Crippen molar-refractivity contribution in [2.75, 3.05) is 11.9 Å². The summed E-state index contributed by atoms with van der Waals surface area (Å²) in [5.74, 6) is -0.406. The summed E-state index contributed by atoms with van der Waals surface area (Å²) in [6, 6.07) is 0.481. The Morgan fingerprint density at radius 2 is 2.26 bits per heavy atom. The number of hydrogen-bond acceptors (Lipinski definition) is 4. The van der Waals surface area contributed by atoms with Crippen LogP contribution < -0.4 is 16.4 Å². The van der Waals surface area contributed by atoms with Crippen molar-refractivity contribution in [3.8, 4) is 0 Å². The number of fused-ring (bicyclic) bond motifs is 1. The molecule has 1 fully saturated rings. The van der Waals surface area contributed by atoms with Crippen molar-refractivity contribution >= 4 is 39.6 Å². The van der Waals surface area contributed by atoms with Gasteiger partial charge in [0.15, 0.2) is 5.11 Å². The van der Waals surface area contributed by atoms with Gasteiger partial charge in [0.2, 0.25) is 0 Å². The fourth-order valence-electron chi connectivity index (χ4n) is 2.13. The van der Waals surface area contributed by atoms with Crippen molar-refractivity contribution in [3.05, 3.63) is 16.0 Å². The van der Waals surface area contributed by atoms with E-state index in [2.05, 4.69) is 10.6 Å². The van der Waals surface area contributed by atoms with E-state index >= 15 is 0 Å². The molecule has 1 saturated carbocycles. The van der Waals surface area contributed by atoms with E-state index in [4.69, 9.17) is 22.7 Å². The zero-order valence-corrected chi connectivity index (χ0v) is 12.0. The summed E-state index contributed by atoms with van der Waals surface area (Å²) in [4.78, 5) is 12.7. The summed E-state index contributed by atoms with van der Waals surface area (Å²) in [5.41, 5.74) is 7.08. The van der Waals surface area contributed by atoms with Crippen LogP contribution >= 0.6 is 23.6 Å². The van der Waals surface area contributed by atoms with Gasteiger partial charge in [-0.1, -0.05) is 0 Å². The molecule has 3 rings (SSSR count). The van der Waals surface area contributed by atoms with Gasteiger partial charge < -0.3 is 21.1 Å². The first kappa shape index (κ1) is 12.8. The van der Waals surface area contributed by atoms with Crippen LogP contribution in [-0.4, -0.2) is 23.7 Å². The first-order chi connectivity index (χ1) is 9.15. The number of thiocarbonyl (C=S) groups is 1. The van der Waals surface area contributed by atoms with Gasteiger partial charge >= 0.3 is 0 Å². The monoisotopic (exact) mass is 297 g/mol. The van der Waals surface area contributed by atoms with E-state index in [1.807, 2.05) is 0 Å². The molecule has 1 aromatic heterocycles. The molecule has 1 amide bonds. The third-order valence-corrected chi connectivity index (χ3v) is 4.55. The van der Waals surface area contributed by atoms with Crippen LogP contribution in [0, 0.1) is 0 Å². The minimum absolute atomic E-state index is 0.406. The molecule has 102 valence electrons. The van der Waals surface area contributed by atoms with Gasteiger partial charge in [-0.05, 0) is 37.0 Å². The van der Waals surface area contributed by atoms with E-state index < -0.39 is 5.91 Å². The van der Waals surface area contributed by atoms with Gasteiger partial charge in [-0.2, -0.15) is 0 Å². The van der Waals surface area contributed by atoms with E-state index in [-0.39, 0.29) is 0 Å². The Morgan fingerprint density at radius 3 is 2.95 bits per heavy atom. The molecule has 5 nitrogen and oxygen atoms in total. The highest BCUT2D eigenvalue weighted by molar-refractivity contribution is 7.80. The standard InChI is InChI=1S/C12H15N3O2S2/c13-10(16)9-7-3-4-17-5-8(7)19-11(9)15-12(18)14-6-1-2-6/h6H,1-5H2,(H2,13,16)(H2,14,15,18). The summed E-state index contributed by atoms with van der Waals surface area (Å²) in [7, 11) is 0. The Hall–Kier alpha value is -1.18. The van der Waals surface area contributed by atoms with Crippen LogP contribution in [0.15, 0.2) is 0 Å². The Morgan fingerprint density at radius 1 is 1.47 bits per heavy atom. The number of thiophene rings is 1. The predicted molar refractivity (Wildman–Crippen MR) is 78.6 cm³/mol. The first-order valence-corrected chi connectivity index (χ1v) is 7.47. The van der Waals surface area contributed by atoms with E-state index in [0.717, 1.165) is 34.7 Å². The zero-order chi connectivity index (χ0) is 13.4. The Kier molecular flexibility index (Phi) is 3.42. The van der Waals surface area contributed by atoms with Gasteiger partial charge in [0, 0.05) is 10.9 Å². The number of nitrogens with one attached hydrogen (secondary N) is 2. The molecule has 0 unspecified atom stereocenters. The molecule has 0 saturated heterocycles. The average Bonchev–Trinajstić information content (AvgIpc) is 3.08. The number of carbonyl (C=O) groups excluding carboxylic acids is 1. The van der Waals surface area contributed by atoms with Crippen molar-refractivity contribution in [2.45, 2.75) is 31.9 Å². The van der Waals surface area contributed by atoms with Gasteiger partial charge in [-0.15, -0.1) is 11.3 Å². The SMILES string of the molecule is NC(=O)c1c(NC(=S)NC2CC2)sc2c1CCOC2. The fraction of sp³-hybridized carbons (Fsp3) is 0.500. The van der Waals surface area contributed by atoms with E-state index in [9.17, 15) is 4.79 Å². The number of nitrogens with two attached hydrogens (primary N) is 1. The highest BCUT2D eigenvalue weighted by Gasteiger charge is 2.26. The number of rotatable bonds is 3. The van der Waals surface area contributed by atoms with Crippen molar-refractivity contribution in [3.63, 3.8) is 0 Å². The molecule has 1 aromatic rings. The van der Waals surface area contributed by atoms with Crippen molar-refractivity contribution < 1.29 is 9.53 Å². The minimum Gasteiger partial charge on any atom is -0.376 e. The largest absolute Gasteiger partial charge is 0.376 e. The molecular formula is C12H15N3O2S2. The maximum atomic E-state index is 11.7. The highest BCUT2D eigenvalue weighted by Crippen LogP contribution is 2.36. The molecule has 2 aliphatic rings. The molecule has 1 aliphatic heterocycles. The topological polar surface area (TPSA) is 76.4 Å². The zero-order valence-electron chi connectivity index (χ0n) is 10.3. The molecule has 0 spiro atoms. The highest BCUT2D eigenvalue weighted by atomic mass is 32.1. The van der Waals surface area contributed by atoms with Crippen molar-refractivity contribution in [2.24, 2.45) is 5.73 Å². The molecule has 0 radical (unpaired) electrons. The lowest BCUT2D eigenvalue weighted by atomic mass is 10.1. The molecular weight excluding hydrogens is 282 g/mol. The smallest absolute Gasteiger partial charge is 0.251 e. The lowest BCUT2D eigenvalue weighted by molar-refractivity contribution is 0.0991. The number of carbonyl (C=O) groups is 1. The molecule has 4 N–H and O–H groups in total. The van der Waals surface area contributed by atoms with Crippen molar-refractivity contribution in [1.82, 2.24) is 5.32 Å². The fourth-order valence-corrected chi connectivity index (χ4v) is 3.66. The van der Waals surface area contributed by atoms with Gasteiger partial charge in [-0.25, -0.2) is 0 Å². The molecule has 2 heterocycles. The van der Waals surface area contributed by atoms with Crippen LogP contribution in [0.3, 0.4) is 0 Å². The van der Waals surface area contributed by atoms with Crippen LogP contribution in [0.1, 0.15) is 33.6 Å². The second-order valence-corrected chi connectivity index (χ2v) is 6.26. The number of primary amides is 1. The lowest BCUT2D eigenvalue weighted by Crippen LogP contribution is -2.30. The molecule has 0 aromatic carbocycles. The van der Waals surface area contributed by atoms with Crippen LogP contribution in [0.25, 0.3) is 0 Å². The summed E-state index contributed by atoms with van der Waals surface area (Å²) in [6.07, 6.45) is 3.03. The van der Waals surface area contributed by atoms with E-state index in [0.29, 0.717) is 29.9 Å². The minimum atomic E-state index is -0.406. The Labute approximate surface area is 120 Å². The summed E-state index contributed by atoms with van der Waals surface area (Å²) < 4.78 is 5.41. The predicted octanol–water partition coefficient (Wildman–Crippen LogP) is 1.37. The average molecular weight is 297 g/mol. The second kappa shape index (κ2) is 5.07. The van der Waals surface area contributed by atoms with Gasteiger partial charge in [0.1, 0.15) is 5.00 Å². The van der Waals surface area contributed by atoms with E-state index in [1.54, 1.807) is 0 Å². The van der Waals surface area contributed by atoms with E-state index in [1.165, 1.54) is 11.3 Å². The van der Waals surface area contributed by atoms with Gasteiger partial charge in [0.25, 0.3) is 5.91 Å². The summed E-state index contributed by atoms with van der Waals surface area (Å²) in [6.45, 7) is 1.18. The third-order valence-electron chi connectivity index (χ3n) is 3.21. The first-order valence-electron chi connectivity index (χ1n) is 6.24. The van der Waals surface area contributed by atoms with Gasteiger partial charge in [0.05, 0.1) is 18.8 Å². The van der Waals surface area contributed by atoms with Gasteiger partial charge in [-0.3, -0.25) is 4.79 Å². The number of hydrogen-bond donors (Lipinski definition) is 3. The Balaban J connectivity index is 1.84. The third kappa shape index (κ3) is 2.72. The van der Waals surface area contributed by atoms with Crippen molar-refractivity contribution in [1.29, 1.82) is 0 Å². The second-order valence-electron chi connectivity index (χ2n) is 4.75. The number of anilines is 1. The quantitative estimate of drug-likeness (QED) is 0.735. The number of amides is 1. The van der Waals surface area contributed by atoms with Crippen LogP contribution in [0.4, 0.5) is 5.00 Å². The molecule has 0 atom stereocenters. The Bertz CT molecular complexity index is 537. The van der Waals surface area contributed by atoms with Crippen LogP contribution in [-0.2, 0) is 17.8 Å². The van der Waals surface area contributed by atoms with Crippen LogP contribution in [0.2, 0.25) is 0 Å².